The summed E-state index contributed by atoms with van der Waals surface area (Å²) < 4.78 is 25.2. The monoisotopic (exact) mass is 528 g/mol. The van der Waals surface area contributed by atoms with Gasteiger partial charge in [0.2, 0.25) is 0 Å². The van der Waals surface area contributed by atoms with Crippen LogP contribution in [-0.4, -0.2) is 53.1 Å². The van der Waals surface area contributed by atoms with Crippen LogP contribution in [0.3, 0.4) is 0 Å². The smallest absolute Gasteiger partial charge is 0.311 e. The van der Waals surface area contributed by atoms with E-state index in [1.165, 1.54) is 12.4 Å². The maximum Gasteiger partial charge on any atom is 0.311 e. The fraction of sp³-hybridized carbons (Fsp3) is 0.435. The number of nitrogens with zero attached hydrogens (tertiary/aromatic N) is 6. The summed E-state index contributed by atoms with van der Waals surface area (Å²) in [6.07, 6.45) is 8.44. The molecule has 4 heterocycles. The lowest BCUT2D eigenvalue weighted by Gasteiger charge is -2.47. The lowest BCUT2D eigenvalue weighted by Crippen LogP contribution is -2.52. The van der Waals surface area contributed by atoms with Crippen molar-refractivity contribution in [1.82, 2.24) is 34.5 Å². The van der Waals surface area contributed by atoms with Gasteiger partial charge in [-0.1, -0.05) is 16.1 Å². The Kier molecular flexibility index (Phi) is 6.00. The van der Waals surface area contributed by atoms with Gasteiger partial charge in [-0.2, -0.15) is 0 Å². The van der Waals surface area contributed by atoms with E-state index in [9.17, 15) is 4.79 Å². The van der Waals surface area contributed by atoms with Crippen LogP contribution >= 0.6 is 23.1 Å². The summed E-state index contributed by atoms with van der Waals surface area (Å²) >= 11 is 7.11. The lowest BCUT2D eigenvalue weighted by molar-refractivity contribution is -0.154. The molecule has 186 valence electrons. The molecule has 3 fully saturated rings. The van der Waals surface area contributed by atoms with Crippen molar-refractivity contribution in [2.45, 2.75) is 38.6 Å². The molecule has 0 saturated heterocycles. The molecule has 13 heteroatoms. The van der Waals surface area contributed by atoms with Crippen LogP contribution in [0, 0.1) is 23.6 Å². The van der Waals surface area contributed by atoms with E-state index in [4.69, 9.17) is 16.3 Å². The molecule has 3 saturated carbocycles. The summed E-state index contributed by atoms with van der Waals surface area (Å²) in [5, 5.41) is 7.35. The van der Waals surface area contributed by atoms with Crippen molar-refractivity contribution in [2.75, 3.05) is 11.9 Å². The first-order chi connectivity index (χ1) is 17.5. The van der Waals surface area contributed by atoms with Crippen LogP contribution in [-0.2, 0) is 9.53 Å². The Balaban J connectivity index is 1.46. The van der Waals surface area contributed by atoms with Crippen molar-refractivity contribution in [1.29, 1.82) is 0 Å². The zero-order chi connectivity index (χ0) is 24.8. The standard InChI is InChI=1S/C23H22ClFN8O2S/c1-2-35-23(34)15-10-3-5-11(6-4-10)17(15)30-21-16(25)19(13-8-28-33-36-13)31-20(32-21)12-7-26-22-18(12)29-14(24)9-27-22/h7-11,15,17H,2-6H2,1H3,(H,26,27)(H,30,31,32)/t10?,11?,15-,17-/m1/s1. The third kappa shape index (κ3) is 3.97. The fourth-order valence-corrected chi connectivity index (χ4v) is 6.16. The number of fused-ring (bicyclic) bond motifs is 4. The Labute approximate surface area is 214 Å². The minimum absolute atomic E-state index is 0.0135. The van der Waals surface area contributed by atoms with Crippen LogP contribution in [0.2, 0.25) is 5.15 Å². The van der Waals surface area contributed by atoms with Crippen molar-refractivity contribution >= 4 is 46.1 Å². The minimum atomic E-state index is -0.627. The van der Waals surface area contributed by atoms with Gasteiger partial charge in [0, 0.05) is 12.2 Å². The van der Waals surface area contributed by atoms with Gasteiger partial charge in [-0.15, -0.1) is 5.10 Å². The molecule has 2 atom stereocenters. The molecule has 7 rings (SSSR count). The molecule has 2 bridgehead atoms. The van der Waals surface area contributed by atoms with E-state index in [1.54, 1.807) is 13.1 Å². The summed E-state index contributed by atoms with van der Waals surface area (Å²) in [4.78, 5) is 34.1. The van der Waals surface area contributed by atoms with Crippen molar-refractivity contribution in [3.63, 3.8) is 0 Å². The van der Waals surface area contributed by atoms with Crippen molar-refractivity contribution in [3.8, 4) is 22.0 Å². The van der Waals surface area contributed by atoms with Crippen LogP contribution in [0.15, 0.2) is 18.6 Å². The molecule has 0 radical (unpaired) electrons. The molecule has 0 aliphatic heterocycles. The Bertz CT molecular complexity index is 1420. The number of nitrogens with one attached hydrogen (secondary N) is 2. The van der Waals surface area contributed by atoms with Gasteiger partial charge >= 0.3 is 5.97 Å². The summed E-state index contributed by atoms with van der Waals surface area (Å²) in [6, 6.07) is -0.293. The Morgan fingerprint density at radius 3 is 2.78 bits per heavy atom. The number of hydrogen-bond donors (Lipinski definition) is 2. The molecule has 0 unspecified atom stereocenters. The maximum absolute atomic E-state index is 15.9. The molecule has 2 N–H and O–H groups in total. The van der Waals surface area contributed by atoms with E-state index in [0.29, 0.717) is 28.2 Å². The number of rotatable bonds is 6. The average molecular weight is 529 g/mol. The molecule has 10 nitrogen and oxygen atoms in total. The highest BCUT2D eigenvalue weighted by molar-refractivity contribution is 7.09. The van der Waals surface area contributed by atoms with Gasteiger partial charge in [-0.3, -0.25) is 4.79 Å². The van der Waals surface area contributed by atoms with Gasteiger partial charge in [0.25, 0.3) is 0 Å². The highest BCUT2D eigenvalue weighted by atomic mass is 35.5. The van der Waals surface area contributed by atoms with Crippen molar-refractivity contribution in [3.05, 3.63) is 29.6 Å². The molecule has 0 amide bonds. The lowest BCUT2D eigenvalue weighted by atomic mass is 9.61. The Morgan fingerprint density at radius 2 is 2.03 bits per heavy atom. The van der Waals surface area contributed by atoms with Gasteiger partial charge in [-0.25, -0.2) is 24.3 Å². The second kappa shape index (κ2) is 9.32. The third-order valence-electron chi connectivity index (χ3n) is 7.12. The van der Waals surface area contributed by atoms with Crippen LogP contribution in [0.25, 0.3) is 33.1 Å². The number of aromatic amines is 1. The highest BCUT2D eigenvalue weighted by Gasteiger charge is 2.48. The number of aromatic nitrogens is 7. The molecule has 0 spiro atoms. The normalized spacial score (nSPS) is 23.2. The van der Waals surface area contributed by atoms with E-state index in [2.05, 4.69) is 39.8 Å². The first-order valence-electron chi connectivity index (χ1n) is 11.8. The number of carbonyl (C=O) groups is 1. The van der Waals surface area contributed by atoms with Gasteiger partial charge < -0.3 is 15.0 Å². The minimum Gasteiger partial charge on any atom is -0.466 e. The maximum atomic E-state index is 15.9. The van der Waals surface area contributed by atoms with E-state index in [0.717, 1.165) is 37.2 Å². The van der Waals surface area contributed by atoms with E-state index >= 15 is 4.39 Å². The number of hydrogen-bond acceptors (Lipinski definition) is 10. The van der Waals surface area contributed by atoms with Gasteiger partial charge in [-0.05, 0) is 56.0 Å². The van der Waals surface area contributed by atoms with Crippen LogP contribution in [0.4, 0.5) is 10.2 Å². The predicted octanol–water partition coefficient (Wildman–Crippen LogP) is 4.51. The first-order valence-corrected chi connectivity index (χ1v) is 13.0. The largest absolute Gasteiger partial charge is 0.466 e. The van der Waals surface area contributed by atoms with Crippen molar-refractivity contribution < 1.29 is 13.9 Å². The summed E-state index contributed by atoms with van der Waals surface area (Å²) in [6.45, 7) is 2.10. The zero-order valence-corrected chi connectivity index (χ0v) is 20.8. The number of halogens is 2. The number of carbonyl (C=O) groups excluding carboxylic acids is 1. The Hall–Kier alpha value is -3.25. The van der Waals surface area contributed by atoms with E-state index < -0.39 is 5.82 Å². The molecule has 4 aromatic heterocycles. The fourth-order valence-electron chi connectivity index (χ4n) is 5.53. The van der Waals surface area contributed by atoms with E-state index in [1.807, 2.05) is 0 Å². The zero-order valence-electron chi connectivity index (χ0n) is 19.2. The summed E-state index contributed by atoms with van der Waals surface area (Å²) in [7, 11) is 0. The molecule has 0 aromatic carbocycles. The molecular formula is C23H22ClFN8O2S. The summed E-state index contributed by atoms with van der Waals surface area (Å²) in [5.74, 6) is -0.564. The second-order valence-corrected chi connectivity index (χ2v) is 10.2. The quantitative estimate of drug-likeness (QED) is 0.347. The molecule has 3 aliphatic rings. The number of esters is 1. The number of H-pyrrole nitrogens is 1. The summed E-state index contributed by atoms with van der Waals surface area (Å²) in [5.41, 5.74) is 1.56. The van der Waals surface area contributed by atoms with Crippen LogP contribution in [0.5, 0.6) is 0 Å². The molecular weight excluding hydrogens is 507 g/mol. The molecule has 3 aliphatic carbocycles. The van der Waals surface area contributed by atoms with Gasteiger partial charge in [0.05, 0.1) is 35.4 Å². The van der Waals surface area contributed by atoms with Gasteiger partial charge in [0.1, 0.15) is 16.4 Å². The number of anilines is 1. The number of ether oxygens (including phenoxy) is 1. The SMILES string of the molecule is CCOC(=O)[C@@H]1C2CCC(CC2)[C@H]1Nc1nc(-c2c[nH]c3ncc(Cl)nc23)nc(-c2cnns2)c1F. The van der Waals surface area contributed by atoms with Crippen molar-refractivity contribution in [2.24, 2.45) is 17.8 Å². The first kappa shape index (κ1) is 23.2. The molecule has 4 aromatic rings. The predicted molar refractivity (Wildman–Crippen MR) is 132 cm³/mol. The Morgan fingerprint density at radius 1 is 1.22 bits per heavy atom. The van der Waals surface area contributed by atoms with Crippen LogP contribution in [0.1, 0.15) is 32.6 Å². The second-order valence-electron chi connectivity index (χ2n) is 9.06. The van der Waals surface area contributed by atoms with Crippen LogP contribution < -0.4 is 5.32 Å². The highest BCUT2D eigenvalue weighted by Crippen LogP contribution is 2.47. The van der Waals surface area contributed by atoms with E-state index in [-0.39, 0.29) is 52.3 Å². The van der Waals surface area contributed by atoms with Gasteiger partial charge in [0.15, 0.2) is 23.1 Å². The molecule has 36 heavy (non-hydrogen) atoms. The topological polar surface area (TPSA) is 131 Å². The third-order valence-corrected chi connectivity index (χ3v) is 7.97. The average Bonchev–Trinajstić information content (AvgIpc) is 3.56.